The van der Waals surface area contributed by atoms with Crippen LogP contribution in [0.4, 0.5) is 0 Å². The molecule has 1 aliphatic rings. The highest BCUT2D eigenvalue weighted by Gasteiger charge is 2.14. The molecule has 2 heterocycles. The first-order valence-corrected chi connectivity index (χ1v) is 6.68. The van der Waals surface area contributed by atoms with Gasteiger partial charge in [-0.1, -0.05) is 6.92 Å². The minimum Gasteiger partial charge on any atom is -0.478 e. The van der Waals surface area contributed by atoms with Crippen LogP contribution in [0.15, 0.2) is 12.3 Å². The van der Waals surface area contributed by atoms with Gasteiger partial charge in [-0.3, -0.25) is 0 Å². The van der Waals surface area contributed by atoms with E-state index in [9.17, 15) is 0 Å². The lowest BCUT2D eigenvalue weighted by Gasteiger charge is -2.22. The lowest BCUT2D eigenvalue weighted by atomic mass is 9.99. The monoisotopic (exact) mass is 251 g/mol. The summed E-state index contributed by atoms with van der Waals surface area (Å²) in [6.07, 6.45) is 4.96. The molecule has 0 aromatic carbocycles. The molecule has 0 atom stereocenters. The number of ether oxygens (including phenoxy) is 2. The van der Waals surface area contributed by atoms with Gasteiger partial charge in [0.05, 0.1) is 13.2 Å². The Hall–Kier alpha value is -1.36. The molecule has 0 aliphatic carbocycles. The van der Waals surface area contributed by atoms with Gasteiger partial charge in [0.25, 0.3) is 0 Å². The summed E-state index contributed by atoms with van der Waals surface area (Å²) in [5.41, 5.74) is 0. The number of nitrogens with zero attached hydrogens (tertiary/aromatic N) is 2. The number of nitrogens with one attached hydrogen (secondary N) is 1. The summed E-state index contributed by atoms with van der Waals surface area (Å²) in [6.45, 7) is 5.59. The van der Waals surface area contributed by atoms with E-state index in [-0.39, 0.29) is 0 Å². The van der Waals surface area contributed by atoms with Crippen LogP contribution in [0.3, 0.4) is 0 Å². The van der Waals surface area contributed by atoms with Crippen LogP contribution < -0.4 is 14.8 Å². The van der Waals surface area contributed by atoms with Gasteiger partial charge in [-0.2, -0.15) is 4.98 Å². The van der Waals surface area contributed by atoms with Gasteiger partial charge in [0.1, 0.15) is 0 Å². The maximum atomic E-state index is 5.64. The highest BCUT2D eigenvalue weighted by molar-refractivity contribution is 5.11. The molecule has 0 amide bonds. The van der Waals surface area contributed by atoms with Crippen LogP contribution in [0.25, 0.3) is 0 Å². The summed E-state index contributed by atoms with van der Waals surface area (Å²) < 4.78 is 11.1. The third-order valence-corrected chi connectivity index (χ3v) is 2.97. The van der Waals surface area contributed by atoms with E-state index in [0.29, 0.717) is 31.0 Å². The van der Waals surface area contributed by atoms with Crippen molar-refractivity contribution in [3.8, 4) is 11.9 Å². The second kappa shape index (κ2) is 7.16. The van der Waals surface area contributed by atoms with Crippen molar-refractivity contribution < 1.29 is 9.47 Å². The number of hydrogen-bond donors (Lipinski definition) is 1. The third kappa shape index (κ3) is 4.14. The maximum absolute atomic E-state index is 5.64. The molecule has 0 bridgehead atoms. The highest BCUT2D eigenvalue weighted by atomic mass is 16.5. The Morgan fingerprint density at radius 3 is 2.94 bits per heavy atom. The summed E-state index contributed by atoms with van der Waals surface area (Å²) >= 11 is 0. The standard InChI is InChI=1S/C13H21N3O2/c1-2-9-17-12-5-8-15-13(16-12)18-10-11-3-6-14-7-4-11/h5,8,11,14H,2-4,6-7,9-10H2,1H3. The van der Waals surface area contributed by atoms with Crippen LogP contribution in [-0.4, -0.2) is 36.3 Å². The van der Waals surface area contributed by atoms with Crippen molar-refractivity contribution in [3.05, 3.63) is 12.3 Å². The number of aromatic nitrogens is 2. The molecular formula is C13H21N3O2. The third-order valence-electron chi connectivity index (χ3n) is 2.97. The summed E-state index contributed by atoms with van der Waals surface area (Å²) in [6, 6.07) is 2.18. The van der Waals surface area contributed by atoms with E-state index < -0.39 is 0 Å². The Morgan fingerprint density at radius 1 is 1.33 bits per heavy atom. The van der Waals surface area contributed by atoms with Crippen molar-refractivity contribution in [3.63, 3.8) is 0 Å². The van der Waals surface area contributed by atoms with Gasteiger partial charge in [0.15, 0.2) is 0 Å². The molecule has 1 fully saturated rings. The molecule has 0 spiro atoms. The first-order valence-electron chi connectivity index (χ1n) is 6.68. The maximum Gasteiger partial charge on any atom is 0.319 e. The Balaban J connectivity index is 1.80. The van der Waals surface area contributed by atoms with Crippen molar-refractivity contribution in [2.75, 3.05) is 26.3 Å². The van der Waals surface area contributed by atoms with E-state index in [0.717, 1.165) is 32.4 Å². The van der Waals surface area contributed by atoms with Crippen molar-refractivity contribution in [2.24, 2.45) is 5.92 Å². The quantitative estimate of drug-likeness (QED) is 0.833. The predicted octanol–water partition coefficient (Wildman–Crippen LogP) is 1.64. The molecule has 100 valence electrons. The van der Waals surface area contributed by atoms with Gasteiger partial charge in [-0.15, -0.1) is 0 Å². The molecule has 18 heavy (non-hydrogen) atoms. The van der Waals surface area contributed by atoms with E-state index in [1.807, 2.05) is 0 Å². The molecule has 1 aliphatic heterocycles. The smallest absolute Gasteiger partial charge is 0.319 e. The molecule has 0 saturated carbocycles. The average molecular weight is 251 g/mol. The fourth-order valence-corrected chi connectivity index (χ4v) is 1.92. The minimum absolute atomic E-state index is 0.419. The van der Waals surface area contributed by atoms with Crippen molar-refractivity contribution in [2.45, 2.75) is 26.2 Å². The first kappa shape index (κ1) is 13.1. The van der Waals surface area contributed by atoms with Gasteiger partial charge < -0.3 is 14.8 Å². The topological polar surface area (TPSA) is 56.3 Å². The number of rotatable bonds is 6. The van der Waals surface area contributed by atoms with Gasteiger partial charge >= 0.3 is 6.01 Å². The van der Waals surface area contributed by atoms with Gasteiger partial charge in [0, 0.05) is 12.3 Å². The Morgan fingerprint density at radius 2 is 2.17 bits per heavy atom. The van der Waals surface area contributed by atoms with Crippen molar-refractivity contribution in [1.82, 2.24) is 15.3 Å². The lowest BCUT2D eigenvalue weighted by molar-refractivity contribution is 0.198. The van der Waals surface area contributed by atoms with Crippen LogP contribution in [0.2, 0.25) is 0 Å². The number of hydrogen-bond acceptors (Lipinski definition) is 5. The first-order chi connectivity index (χ1) is 8.88. The fourth-order valence-electron chi connectivity index (χ4n) is 1.92. The second-order valence-electron chi connectivity index (χ2n) is 4.53. The summed E-state index contributed by atoms with van der Waals surface area (Å²) in [5.74, 6) is 1.20. The minimum atomic E-state index is 0.419. The molecule has 2 rings (SSSR count). The molecule has 1 N–H and O–H groups in total. The van der Waals surface area contributed by atoms with Crippen LogP contribution >= 0.6 is 0 Å². The second-order valence-corrected chi connectivity index (χ2v) is 4.53. The van der Waals surface area contributed by atoms with Crippen LogP contribution in [0.1, 0.15) is 26.2 Å². The van der Waals surface area contributed by atoms with E-state index >= 15 is 0 Å². The Kier molecular flexibility index (Phi) is 5.20. The van der Waals surface area contributed by atoms with Crippen LogP contribution in [0, 0.1) is 5.92 Å². The zero-order chi connectivity index (χ0) is 12.6. The van der Waals surface area contributed by atoms with Crippen molar-refractivity contribution in [1.29, 1.82) is 0 Å². The molecule has 0 radical (unpaired) electrons. The molecule has 1 aromatic rings. The zero-order valence-corrected chi connectivity index (χ0v) is 10.9. The summed E-state index contributed by atoms with van der Waals surface area (Å²) in [7, 11) is 0. The van der Waals surface area contributed by atoms with E-state index in [1.165, 1.54) is 0 Å². The van der Waals surface area contributed by atoms with Crippen LogP contribution in [0.5, 0.6) is 11.9 Å². The van der Waals surface area contributed by atoms with Gasteiger partial charge in [-0.25, -0.2) is 4.98 Å². The van der Waals surface area contributed by atoms with Crippen molar-refractivity contribution >= 4 is 0 Å². The van der Waals surface area contributed by atoms with E-state index in [2.05, 4.69) is 22.2 Å². The number of piperidine rings is 1. The Labute approximate surface area is 108 Å². The molecular weight excluding hydrogens is 230 g/mol. The summed E-state index contributed by atoms with van der Waals surface area (Å²) in [5, 5.41) is 3.34. The molecule has 1 aromatic heterocycles. The van der Waals surface area contributed by atoms with Gasteiger partial charge in [0.2, 0.25) is 5.88 Å². The predicted molar refractivity (Wildman–Crippen MR) is 68.9 cm³/mol. The SMILES string of the molecule is CCCOc1ccnc(OCC2CCNCC2)n1. The average Bonchev–Trinajstić information content (AvgIpc) is 2.44. The lowest BCUT2D eigenvalue weighted by Crippen LogP contribution is -2.30. The molecule has 5 nitrogen and oxygen atoms in total. The molecule has 1 saturated heterocycles. The molecule has 5 heteroatoms. The van der Waals surface area contributed by atoms with E-state index in [4.69, 9.17) is 9.47 Å². The molecule has 0 unspecified atom stereocenters. The van der Waals surface area contributed by atoms with Gasteiger partial charge in [-0.05, 0) is 38.3 Å². The van der Waals surface area contributed by atoms with Crippen LogP contribution in [-0.2, 0) is 0 Å². The Bertz CT molecular complexity index is 354. The largest absolute Gasteiger partial charge is 0.478 e. The summed E-state index contributed by atoms with van der Waals surface area (Å²) in [4.78, 5) is 8.33. The fraction of sp³-hybridized carbons (Fsp3) is 0.692. The highest BCUT2D eigenvalue weighted by Crippen LogP contribution is 2.15. The zero-order valence-electron chi connectivity index (χ0n) is 10.9. The normalized spacial score (nSPS) is 16.5. The van der Waals surface area contributed by atoms with E-state index in [1.54, 1.807) is 12.3 Å².